The Bertz CT molecular complexity index is 460. The molecule has 21 heavy (non-hydrogen) atoms. The highest BCUT2D eigenvalue weighted by molar-refractivity contribution is 6.30. The van der Waals surface area contributed by atoms with Crippen LogP contribution in [0.1, 0.15) is 18.1 Å². The van der Waals surface area contributed by atoms with E-state index in [4.69, 9.17) is 16.3 Å². The Morgan fingerprint density at radius 2 is 2.10 bits per heavy atom. The molecule has 5 heteroatoms. The standard InChI is InChI=1S/C16H25ClN2O2/c1-13-9-15(17)4-3-14(13)10-18-11-16(2,20)12-19-5-7-21-8-6-19/h3-4,9,18,20H,5-8,10-12H2,1-2H3. The molecule has 4 nitrogen and oxygen atoms in total. The lowest BCUT2D eigenvalue weighted by Gasteiger charge is -2.34. The maximum atomic E-state index is 10.5. The molecule has 1 unspecified atom stereocenters. The van der Waals surface area contributed by atoms with E-state index in [1.54, 1.807) is 0 Å². The van der Waals surface area contributed by atoms with E-state index in [1.807, 2.05) is 25.1 Å². The lowest BCUT2D eigenvalue weighted by atomic mass is 10.1. The molecule has 0 radical (unpaired) electrons. The maximum absolute atomic E-state index is 10.5. The van der Waals surface area contributed by atoms with Crippen molar-refractivity contribution in [1.82, 2.24) is 10.2 Å². The van der Waals surface area contributed by atoms with Crippen LogP contribution >= 0.6 is 11.6 Å². The highest BCUT2D eigenvalue weighted by Crippen LogP contribution is 2.15. The molecule has 2 rings (SSSR count). The van der Waals surface area contributed by atoms with Gasteiger partial charge >= 0.3 is 0 Å². The van der Waals surface area contributed by atoms with Gasteiger partial charge in [-0.1, -0.05) is 17.7 Å². The summed E-state index contributed by atoms with van der Waals surface area (Å²) in [4.78, 5) is 2.25. The zero-order chi connectivity index (χ0) is 15.3. The number of nitrogens with zero attached hydrogens (tertiary/aromatic N) is 1. The van der Waals surface area contributed by atoms with Crippen molar-refractivity contribution in [3.63, 3.8) is 0 Å². The maximum Gasteiger partial charge on any atom is 0.0869 e. The second-order valence-electron chi connectivity index (χ2n) is 6.06. The van der Waals surface area contributed by atoms with E-state index in [1.165, 1.54) is 11.1 Å². The molecule has 1 aromatic rings. The highest BCUT2D eigenvalue weighted by atomic mass is 35.5. The van der Waals surface area contributed by atoms with Gasteiger partial charge in [0.25, 0.3) is 0 Å². The van der Waals surface area contributed by atoms with Gasteiger partial charge in [-0.25, -0.2) is 0 Å². The van der Waals surface area contributed by atoms with Gasteiger partial charge in [-0.05, 0) is 37.1 Å². The fraction of sp³-hybridized carbons (Fsp3) is 0.625. The molecule has 118 valence electrons. The number of benzene rings is 1. The molecule has 0 spiro atoms. The van der Waals surface area contributed by atoms with Crippen LogP contribution < -0.4 is 5.32 Å². The van der Waals surface area contributed by atoms with Gasteiger partial charge < -0.3 is 15.2 Å². The van der Waals surface area contributed by atoms with Gasteiger partial charge in [-0.15, -0.1) is 0 Å². The first kappa shape index (κ1) is 16.7. The fourth-order valence-corrected chi connectivity index (χ4v) is 2.85. The zero-order valence-electron chi connectivity index (χ0n) is 12.9. The van der Waals surface area contributed by atoms with Gasteiger partial charge in [-0.3, -0.25) is 4.90 Å². The number of rotatable bonds is 6. The Balaban J connectivity index is 1.78. The van der Waals surface area contributed by atoms with Gasteiger partial charge in [-0.2, -0.15) is 0 Å². The van der Waals surface area contributed by atoms with Gasteiger partial charge in [0.1, 0.15) is 0 Å². The monoisotopic (exact) mass is 312 g/mol. The van der Waals surface area contributed by atoms with Gasteiger partial charge in [0.2, 0.25) is 0 Å². The van der Waals surface area contributed by atoms with E-state index in [9.17, 15) is 5.11 Å². The summed E-state index contributed by atoms with van der Waals surface area (Å²) < 4.78 is 5.33. The van der Waals surface area contributed by atoms with Crippen molar-refractivity contribution < 1.29 is 9.84 Å². The second-order valence-corrected chi connectivity index (χ2v) is 6.50. The number of aryl methyl sites for hydroxylation is 1. The van der Waals surface area contributed by atoms with Crippen LogP contribution in [0.15, 0.2) is 18.2 Å². The van der Waals surface area contributed by atoms with Crippen molar-refractivity contribution in [1.29, 1.82) is 0 Å². The fourth-order valence-electron chi connectivity index (χ4n) is 2.62. The summed E-state index contributed by atoms with van der Waals surface area (Å²) in [7, 11) is 0. The third-order valence-electron chi connectivity index (χ3n) is 3.79. The van der Waals surface area contributed by atoms with Crippen molar-refractivity contribution in [2.45, 2.75) is 26.0 Å². The summed E-state index contributed by atoms with van der Waals surface area (Å²) >= 11 is 5.96. The van der Waals surface area contributed by atoms with Gasteiger partial charge in [0.15, 0.2) is 0 Å². The number of ether oxygens (including phenoxy) is 1. The minimum atomic E-state index is -0.738. The summed E-state index contributed by atoms with van der Waals surface area (Å²) in [5.74, 6) is 0. The van der Waals surface area contributed by atoms with Gasteiger partial charge in [0.05, 0.1) is 18.8 Å². The largest absolute Gasteiger partial charge is 0.388 e. The minimum absolute atomic E-state index is 0.562. The molecule has 1 aromatic carbocycles. The summed E-state index contributed by atoms with van der Waals surface area (Å²) in [6.07, 6.45) is 0. The summed E-state index contributed by atoms with van der Waals surface area (Å²) in [5.41, 5.74) is 1.64. The molecule has 0 saturated carbocycles. The molecule has 0 amide bonds. The lowest BCUT2D eigenvalue weighted by Crippen LogP contribution is -2.50. The molecule has 1 atom stereocenters. The van der Waals surface area contributed by atoms with Crippen molar-refractivity contribution in [2.75, 3.05) is 39.4 Å². The van der Waals surface area contributed by atoms with E-state index in [0.29, 0.717) is 13.1 Å². The molecule has 0 aliphatic carbocycles. The molecule has 1 aliphatic heterocycles. The third kappa shape index (κ3) is 5.57. The predicted molar refractivity (Wildman–Crippen MR) is 85.8 cm³/mol. The average molecular weight is 313 g/mol. The van der Waals surface area contributed by atoms with Crippen molar-refractivity contribution in [3.05, 3.63) is 34.3 Å². The third-order valence-corrected chi connectivity index (χ3v) is 4.03. The van der Waals surface area contributed by atoms with E-state index < -0.39 is 5.60 Å². The molecule has 1 saturated heterocycles. The van der Waals surface area contributed by atoms with Crippen LogP contribution in [-0.4, -0.2) is 55.0 Å². The Hall–Kier alpha value is -0.650. The molecule has 1 aliphatic rings. The Labute approximate surface area is 132 Å². The number of nitrogens with one attached hydrogen (secondary N) is 1. The van der Waals surface area contributed by atoms with E-state index in [2.05, 4.69) is 17.1 Å². The number of β-amino-alcohol motifs (C(OH)–C–C–N with tert-alkyl or cyclic N) is 1. The van der Waals surface area contributed by atoms with Crippen molar-refractivity contribution in [3.8, 4) is 0 Å². The van der Waals surface area contributed by atoms with E-state index >= 15 is 0 Å². The highest BCUT2D eigenvalue weighted by Gasteiger charge is 2.24. The van der Waals surface area contributed by atoms with E-state index in [-0.39, 0.29) is 0 Å². The van der Waals surface area contributed by atoms with Crippen LogP contribution in [0.3, 0.4) is 0 Å². The number of morpholine rings is 1. The topological polar surface area (TPSA) is 44.7 Å². The second kappa shape index (κ2) is 7.56. The number of hydrogen-bond donors (Lipinski definition) is 2. The van der Waals surface area contributed by atoms with Crippen LogP contribution in [0.2, 0.25) is 5.02 Å². The van der Waals surface area contributed by atoms with Crippen molar-refractivity contribution in [2.24, 2.45) is 0 Å². The Kier molecular flexibility index (Phi) is 6.02. The number of halogens is 1. The molecular weight excluding hydrogens is 288 g/mol. The van der Waals surface area contributed by atoms with Crippen LogP contribution in [0.25, 0.3) is 0 Å². The molecular formula is C16H25ClN2O2. The molecule has 0 aromatic heterocycles. The minimum Gasteiger partial charge on any atom is -0.388 e. The number of aliphatic hydroxyl groups is 1. The normalized spacial score (nSPS) is 19.4. The van der Waals surface area contributed by atoms with Gasteiger partial charge in [0, 0.05) is 37.7 Å². The zero-order valence-corrected chi connectivity index (χ0v) is 13.6. The lowest BCUT2D eigenvalue weighted by molar-refractivity contribution is -0.0219. The Morgan fingerprint density at radius 1 is 1.38 bits per heavy atom. The summed E-state index contributed by atoms with van der Waals surface area (Å²) in [6, 6.07) is 5.89. The summed E-state index contributed by atoms with van der Waals surface area (Å²) in [6.45, 7) is 9.20. The molecule has 2 N–H and O–H groups in total. The van der Waals surface area contributed by atoms with E-state index in [0.717, 1.165) is 37.9 Å². The summed E-state index contributed by atoms with van der Waals surface area (Å²) in [5, 5.41) is 14.6. The first-order valence-electron chi connectivity index (χ1n) is 7.44. The predicted octanol–water partition coefficient (Wildman–Crippen LogP) is 1.82. The van der Waals surface area contributed by atoms with Crippen LogP contribution in [0.5, 0.6) is 0 Å². The Morgan fingerprint density at radius 3 is 2.76 bits per heavy atom. The SMILES string of the molecule is Cc1cc(Cl)ccc1CNCC(C)(O)CN1CCOCC1. The quantitative estimate of drug-likeness (QED) is 0.841. The average Bonchev–Trinajstić information content (AvgIpc) is 2.42. The molecule has 1 heterocycles. The van der Waals surface area contributed by atoms with Crippen LogP contribution in [-0.2, 0) is 11.3 Å². The smallest absolute Gasteiger partial charge is 0.0869 e. The first-order chi connectivity index (χ1) is 9.96. The first-order valence-corrected chi connectivity index (χ1v) is 7.82. The van der Waals surface area contributed by atoms with Crippen molar-refractivity contribution >= 4 is 11.6 Å². The molecule has 1 fully saturated rings. The van der Waals surface area contributed by atoms with Crippen LogP contribution in [0.4, 0.5) is 0 Å². The molecule has 0 bridgehead atoms. The number of hydrogen-bond acceptors (Lipinski definition) is 4. The van der Waals surface area contributed by atoms with Crippen LogP contribution in [0, 0.1) is 6.92 Å².